The number of aromatic nitrogens is 2. The number of ether oxygens (including phenoxy) is 1. The number of alkyl carbamates (subject to hydrolysis) is 1. The van der Waals surface area contributed by atoms with E-state index in [-0.39, 0.29) is 30.0 Å². The lowest BCUT2D eigenvalue weighted by Crippen LogP contribution is -2.52. The van der Waals surface area contributed by atoms with Gasteiger partial charge in [-0.2, -0.15) is 0 Å². The summed E-state index contributed by atoms with van der Waals surface area (Å²) in [7, 11) is 0. The lowest BCUT2D eigenvalue weighted by molar-refractivity contribution is -0.133. The molecule has 8 nitrogen and oxygen atoms in total. The third kappa shape index (κ3) is 5.22. The van der Waals surface area contributed by atoms with Crippen molar-refractivity contribution in [2.45, 2.75) is 57.0 Å². The first kappa shape index (κ1) is 26.7. The molecule has 0 radical (unpaired) electrons. The van der Waals surface area contributed by atoms with E-state index in [1.165, 1.54) is 0 Å². The molecule has 2 N–H and O–H groups in total. The molecule has 210 valence electrons. The Morgan fingerprint density at radius 3 is 2.39 bits per heavy atom. The maximum atomic E-state index is 13.8. The number of ketones is 1. The first-order valence-corrected chi connectivity index (χ1v) is 14.5. The summed E-state index contributed by atoms with van der Waals surface area (Å²) in [5, 5.41) is 2.83. The van der Waals surface area contributed by atoms with Gasteiger partial charge < -0.3 is 19.9 Å². The number of carbonyl (C=O) groups excluding carboxylic acids is 3. The fourth-order valence-corrected chi connectivity index (χ4v) is 6.18. The maximum Gasteiger partial charge on any atom is 0.407 e. The Bertz CT molecular complexity index is 1520. The quantitative estimate of drug-likeness (QED) is 0.255. The number of Topliss-reactive ketones (excluding diaryl/α,β-unsaturated/α-hetero) is 1. The number of unbranched alkanes of at least 4 members (excludes halogenated alkanes) is 1. The fourth-order valence-electron chi connectivity index (χ4n) is 6.18. The molecule has 2 atom stereocenters. The minimum atomic E-state index is -0.769. The van der Waals surface area contributed by atoms with Gasteiger partial charge in [0.15, 0.2) is 5.82 Å². The van der Waals surface area contributed by atoms with Crippen molar-refractivity contribution >= 4 is 28.8 Å². The van der Waals surface area contributed by atoms with Crippen LogP contribution in [0, 0.1) is 0 Å². The van der Waals surface area contributed by atoms with E-state index in [0.29, 0.717) is 31.3 Å². The molecule has 41 heavy (non-hydrogen) atoms. The summed E-state index contributed by atoms with van der Waals surface area (Å²) in [5.41, 5.74) is 6.06. The van der Waals surface area contributed by atoms with Crippen molar-refractivity contribution in [2.75, 3.05) is 13.2 Å². The molecular formula is C33H34N4O4. The third-order valence-corrected chi connectivity index (χ3v) is 8.24. The molecule has 0 saturated carbocycles. The van der Waals surface area contributed by atoms with Crippen LogP contribution in [0.15, 0.2) is 72.8 Å². The van der Waals surface area contributed by atoms with Gasteiger partial charge in [-0.25, -0.2) is 9.78 Å². The van der Waals surface area contributed by atoms with E-state index in [0.717, 1.165) is 40.6 Å². The molecule has 2 heterocycles. The normalized spacial score (nSPS) is 16.8. The van der Waals surface area contributed by atoms with Crippen LogP contribution < -0.4 is 5.32 Å². The predicted molar refractivity (Wildman–Crippen MR) is 157 cm³/mol. The molecule has 1 fully saturated rings. The summed E-state index contributed by atoms with van der Waals surface area (Å²) in [6, 6.07) is 22.4. The summed E-state index contributed by atoms with van der Waals surface area (Å²) in [6.07, 6.45) is 2.76. The monoisotopic (exact) mass is 550 g/mol. The first-order valence-electron chi connectivity index (χ1n) is 14.5. The molecule has 3 aromatic carbocycles. The number of imidazole rings is 1. The minimum Gasteiger partial charge on any atom is -0.449 e. The number of H-pyrrole nitrogens is 1. The second kappa shape index (κ2) is 11.6. The van der Waals surface area contributed by atoms with Crippen LogP contribution >= 0.6 is 0 Å². The van der Waals surface area contributed by atoms with Crippen molar-refractivity contribution in [3.63, 3.8) is 0 Å². The number of para-hydroxylation sites is 2. The van der Waals surface area contributed by atoms with E-state index in [1.807, 2.05) is 55.5 Å². The largest absolute Gasteiger partial charge is 0.449 e. The SMILES string of the molecule is CCCC[C@H](NC(=O)OCC1c2ccccc2-c2ccccc21)C(=O)N1CCC[C@H]1C(=O)c1nc2ccccc2[nH]1. The Morgan fingerprint density at radius 1 is 1.00 bits per heavy atom. The smallest absolute Gasteiger partial charge is 0.407 e. The number of likely N-dealkylation sites (tertiary alicyclic amines) is 1. The van der Waals surface area contributed by atoms with Crippen molar-refractivity contribution in [1.82, 2.24) is 20.2 Å². The predicted octanol–water partition coefficient (Wildman–Crippen LogP) is 5.83. The molecule has 6 rings (SSSR count). The van der Waals surface area contributed by atoms with Crippen LogP contribution in [-0.4, -0.2) is 57.9 Å². The highest BCUT2D eigenvalue weighted by atomic mass is 16.5. The van der Waals surface area contributed by atoms with Crippen LogP contribution in [0.1, 0.15) is 66.7 Å². The summed E-state index contributed by atoms with van der Waals surface area (Å²) in [6.45, 7) is 2.68. The van der Waals surface area contributed by atoms with E-state index in [1.54, 1.807) is 4.90 Å². The third-order valence-electron chi connectivity index (χ3n) is 8.24. The van der Waals surface area contributed by atoms with Gasteiger partial charge in [0.2, 0.25) is 11.7 Å². The molecule has 0 bridgehead atoms. The van der Waals surface area contributed by atoms with Gasteiger partial charge in [-0.1, -0.05) is 80.4 Å². The average Bonchev–Trinajstić information content (AvgIpc) is 3.73. The molecule has 2 amide bonds. The number of fused-ring (bicyclic) bond motifs is 4. The lowest BCUT2D eigenvalue weighted by Gasteiger charge is -2.28. The van der Waals surface area contributed by atoms with Crippen LogP contribution in [0.4, 0.5) is 4.79 Å². The number of hydrogen-bond acceptors (Lipinski definition) is 5. The molecule has 0 unspecified atom stereocenters. The zero-order valence-corrected chi connectivity index (χ0v) is 23.1. The van der Waals surface area contributed by atoms with Gasteiger partial charge in [-0.05, 0) is 53.6 Å². The van der Waals surface area contributed by atoms with Crippen molar-refractivity contribution in [1.29, 1.82) is 0 Å². The van der Waals surface area contributed by atoms with E-state index in [9.17, 15) is 14.4 Å². The molecule has 1 aliphatic heterocycles. The number of carbonyl (C=O) groups is 3. The first-order chi connectivity index (χ1) is 20.0. The number of rotatable bonds is 9. The van der Waals surface area contributed by atoms with Crippen LogP contribution in [0.5, 0.6) is 0 Å². The van der Waals surface area contributed by atoms with Crippen LogP contribution in [0.25, 0.3) is 22.2 Å². The standard InChI is InChI=1S/C33H34N4O4/c1-2-3-15-28(32(39)37-19-10-18-29(37)30(38)31-34-26-16-8-9-17-27(26)35-31)36-33(40)41-20-25-23-13-6-4-11-21(23)22-12-5-7-14-24(22)25/h4-9,11-14,16-17,25,28-29H,2-3,10,15,18-20H2,1H3,(H,34,35)(H,36,40)/t28-,29-/m0/s1. The molecule has 4 aromatic rings. The van der Waals surface area contributed by atoms with Gasteiger partial charge >= 0.3 is 6.09 Å². The van der Waals surface area contributed by atoms with Gasteiger partial charge in [0.05, 0.1) is 17.1 Å². The molecule has 1 saturated heterocycles. The number of hydrogen-bond donors (Lipinski definition) is 2. The van der Waals surface area contributed by atoms with Crippen molar-refractivity contribution < 1.29 is 19.1 Å². The summed E-state index contributed by atoms with van der Waals surface area (Å²) < 4.78 is 5.74. The second-order valence-corrected chi connectivity index (χ2v) is 10.8. The molecule has 1 aromatic heterocycles. The minimum absolute atomic E-state index is 0.0673. The van der Waals surface area contributed by atoms with Crippen molar-refractivity contribution in [3.8, 4) is 11.1 Å². The Balaban J connectivity index is 1.14. The molecule has 2 aliphatic rings. The van der Waals surface area contributed by atoms with E-state index >= 15 is 0 Å². The van der Waals surface area contributed by atoms with E-state index in [4.69, 9.17) is 4.74 Å². The van der Waals surface area contributed by atoms with Crippen LogP contribution in [0.3, 0.4) is 0 Å². The van der Waals surface area contributed by atoms with Crippen molar-refractivity contribution in [2.24, 2.45) is 0 Å². The average molecular weight is 551 g/mol. The Kier molecular flexibility index (Phi) is 7.55. The van der Waals surface area contributed by atoms with Gasteiger partial charge in [0.25, 0.3) is 0 Å². The molecule has 0 spiro atoms. The summed E-state index contributed by atoms with van der Waals surface area (Å²) >= 11 is 0. The molecular weight excluding hydrogens is 516 g/mol. The number of nitrogens with one attached hydrogen (secondary N) is 2. The van der Waals surface area contributed by atoms with E-state index < -0.39 is 18.2 Å². The second-order valence-electron chi connectivity index (χ2n) is 10.8. The zero-order valence-electron chi connectivity index (χ0n) is 23.1. The molecule has 8 heteroatoms. The fraction of sp³-hybridized carbons (Fsp3) is 0.333. The lowest BCUT2D eigenvalue weighted by atomic mass is 9.98. The Hall–Kier alpha value is -4.46. The van der Waals surface area contributed by atoms with Gasteiger partial charge in [0.1, 0.15) is 12.6 Å². The Morgan fingerprint density at radius 2 is 1.68 bits per heavy atom. The maximum absolute atomic E-state index is 13.8. The van der Waals surface area contributed by atoms with Crippen LogP contribution in [-0.2, 0) is 9.53 Å². The molecule has 1 aliphatic carbocycles. The highest BCUT2D eigenvalue weighted by molar-refractivity contribution is 6.02. The van der Waals surface area contributed by atoms with Gasteiger partial charge in [0, 0.05) is 12.5 Å². The van der Waals surface area contributed by atoms with Gasteiger partial charge in [-0.3, -0.25) is 9.59 Å². The number of nitrogens with zero attached hydrogens (tertiary/aromatic N) is 2. The number of benzene rings is 3. The summed E-state index contributed by atoms with van der Waals surface area (Å²) in [5.74, 6) is -0.269. The number of amides is 2. The Labute approximate surface area is 239 Å². The van der Waals surface area contributed by atoms with Gasteiger partial charge in [-0.15, -0.1) is 0 Å². The zero-order chi connectivity index (χ0) is 28.3. The number of aromatic amines is 1. The van der Waals surface area contributed by atoms with Crippen LogP contribution in [0.2, 0.25) is 0 Å². The highest BCUT2D eigenvalue weighted by Crippen LogP contribution is 2.44. The topological polar surface area (TPSA) is 104 Å². The van der Waals surface area contributed by atoms with Crippen molar-refractivity contribution in [3.05, 3.63) is 89.7 Å². The van der Waals surface area contributed by atoms with E-state index in [2.05, 4.69) is 39.6 Å². The highest BCUT2D eigenvalue weighted by Gasteiger charge is 2.39. The summed E-state index contributed by atoms with van der Waals surface area (Å²) in [4.78, 5) is 49.4.